The molecule has 1 aromatic rings. The number of urea groups is 1. The Kier molecular flexibility index (Phi) is 5.87. The third-order valence-electron chi connectivity index (χ3n) is 4.32. The van der Waals surface area contributed by atoms with Crippen LogP contribution in [0.2, 0.25) is 0 Å². The molecule has 1 heterocycles. The minimum absolute atomic E-state index is 0.0313. The molecule has 0 aliphatic carbocycles. The number of anilines is 1. The Morgan fingerprint density at radius 1 is 1.39 bits per heavy atom. The maximum atomic E-state index is 12.6. The highest BCUT2D eigenvalue weighted by Gasteiger charge is 2.23. The molecular formula is C16H23N3O3S. The number of carbonyl (C=O) groups is 1. The van der Waals surface area contributed by atoms with E-state index in [0.29, 0.717) is 16.5 Å². The number of benzene rings is 1. The molecule has 1 unspecified atom stereocenters. The molecule has 1 aliphatic heterocycles. The van der Waals surface area contributed by atoms with Gasteiger partial charge in [0.2, 0.25) is 0 Å². The van der Waals surface area contributed by atoms with E-state index in [-0.39, 0.29) is 11.7 Å². The minimum Gasteiger partial charge on any atom is -0.323 e. The normalized spacial score (nSPS) is 18.4. The predicted molar refractivity (Wildman–Crippen MR) is 94.3 cm³/mol. The van der Waals surface area contributed by atoms with Crippen LogP contribution in [-0.2, 0) is 0 Å². The molecule has 1 saturated heterocycles. The molecule has 7 heteroatoms. The third kappa shape index (κ3) is 4.16. The summed E-state index contributed by atoms with van der Waals surface area (Å²) in [7, 11) is 0. The lowest BCUT2D eigenvalue weighted by Crippen LogP contribution is -2.38. The second-order valence-electron chi connectivity index (χ2n) is 5.89. The van der Waals surface area contributed by atoms with E-state index in [1.54, 1.807) is 24.8 Å². The zero-order chi connectivity index (χ0) is 17.0. The molecule has 2 amide bonds. The Balaban J connectivity index is 2.19. The Labute approximate surface area is 140 Å². The van der Waals surface area contributed by atoms with Crippen LogP contribution in [0.15, 0.2) is 12.1 Å². The SMILES string of the molecule is CSC1CCCCN(C(=O)Nc2c(C)ccc([N+](=O)[O-])c2C)C1. The molecule has 0 bridgehead atoms. The number of carbonyl (C=O) groups excluding carboxylic acids is 1. The Morgan fingerprint density at radius 2 is 2.13 bits per heavy atom. The largest absolute Gasteiger partial charge is 0.323 e. The monoisotopic (exact) mass is 337 g/mol. The van der Waals surface area contributed by atoms with Gasteiger partial charge in [-0.3, -0.25) is 10.1 Å². The van der Waals surface area contributed by atoms with Crippen molar-refractivity contribution in [2.24, 2.45) is 0 Å². The Bertz CT molecular complexity index is 606. The van der Waals surface area contributed by atoms with Crippen molar-refractivity contribution < 1.29 is 9.72 Å². The van der Waals surface area contributed by atoms with Gasteiger partial charge in [-0.05, 0) is 38.5 Å². The summed E-state index contributed by atoms with van der Waals surface area (Å²) in [5.74, 6) is 0. The summed E-state index contributed by atoms with van der Waals surface area (Å²) in [4.78, 5) is 25.1. The molecule has 1 aromatic carbocycles. The number of nitrogens with zero attached hydrogens (tertiary/aromatic N) is 2. The van der Waals surface area contributed by atoms with Gasteiger partial charge in [0.05, 0.1) is 16.2 Å². The first kappa shape index (κ1) is 17.6. The third-order valence-corrected chi connectivity index (χ3v) is 5.37. The van der Waals surface area contributed by atoms with Crippen molar-refractivity contribution in [2.45, 2.75) is 38.4 Å². The van der Waals surface area contributed by atoms with Crippen LogP contribution in [0.5, 0.6) is 0 Å². The van der Waals surface area contributed by atoms with Gasteiger partial charge in [0.25, 0.3) is 5.69 Å². The summed E-state index contributed by atoms with van der Waals surface area (Å²) in [6, 6.07) is 2.99. The molecule has 1 N–H and O–H groups in total. The molecule has 126 valence electrons. The lowest BCUT2D eigenvalue weighted by atomic mass is 10.1. The van der Waals surface area contributed by atoms with Gasteiger partial charge in [0.1, 0.15) is 0 Å². The van der Waals surface area contributed by atoms with Gasteiger partial charge >= 0.3 is 6.03 Å². The van der Waals surface area contributed by atoms with Crippen LogP contribution in [0.25, 0.3) is 0 Å². The number of likely N-dealkylation sites (tertiary alicyclic amines) is 1. The first-order chi connectivity index (χ1) is 10.9. The molecule has 1 aliphatic rings. The van der Waals surface area contributed by atoms with E-state index < -0.39 is 4.92 Å². The van der Waals surface area contributed by atoms with E-state index in [2.05, 4.69) is 11.6 Å². The maximum Gasteiger partial charge on any atom is 0.321 e. The van der Waals surface area contributed by atoms with Crippen LogP contribution < -0.4 is 5.32 Å². The molecule has 0 aromatic heterocycles. The second kappa shape index (κ2) is 7.68. The highest BCUT2D eigenvalue weighted by atomic mass is 32.2. The molecule has 0 saturated carbocycles. The summed E-state index contributed by atoms with van der Waals surface area (Å²) in [6.07, 6.45) is 5.32. The smallest absolute Gasteiger partial charge is 0.321 e. The van der Waals surface area contributed by atoms with Crippen molar-refractivity contribution in [3.05, 3.63) is 33.4 Å². The van der Waals surface area contributed by atoms with Crippen LogP contribution in [0.4, 0.5) is 16.2 Å². The Morgan fingerprint density at radius 3 is 2.78 bits per heavy atom. The number of nitro groups is 1. The molecule has 1 fully saturated rings. The number of thioether (sulfide) groups is 1. The van der Waals surface area contributed by atoms with Crippen molar-refractivity contribution in [3.8, 4) is 0 Å². The molecule has 0 spiro atoms. The fourth-order valence-corrected chi connectivity index (χ4v) is 3.62. The first-order valence-electron chi connectivity index (χ1n) is 7.77. The van der Waals surface area contributed by atoms with E-state index in [1.165, 1.54) is 6.07 Å². The maximum absolute atomic E-state index is 12.6. The van der Waals surface area contributed by atoms with Gasteiger partial charge in [-0.1, -0.05) is 12.5 Å². The van der Waals surface area contributed by atoms with Gasteiger partial charge in [0, 0.05) is 24.4 Å². The van der Waals surface area contributed by atoms with Crippen molar-refractivity contribution in [3.63, 3.8) is 0 Å². The Hall–Kier alpha value is -1.76. The van der Waals surface area contributed by atoms with Crippen molar-refractivity contribution in [1.29, 1.82) is 0 Å². The molecule has 2 rings (SSSR count). The van der Waals surface area contributed by atoms with Crippen LogP contribution in [0.3, 0.4) is 0 Å². The van der Waals surface area contributed by atoms with Gasteiger partial charge < -0.3 is 10.2 Å². The van der Waals surface area contributed by atoms with Crippen LogP contribution in [-0.4, -0.2) is 40.4 Å². The van der Waals surface area contributed by atoms with Gasteiger partial charge in [-0.15, -0.1) is 0 Å². The van der Waals surface area contributed by atoms with Crippen molar-refractivity contribution >= 4 is 29.2 Å². The molecular weight excluding hydrogens is 314 g/mol. The van der Waals surface area contributed by atoms with E-state index in [1.807, 2.05) is 11.8 Å². The fraction of sp³-hybridized carbons (Fsp3) is 0.562. The summed E-state index contributed by atoms with van der Waals surface area (Å²) in [5, 5.41) is 14.4. The second-order valence-corrected chi connectivity index (χ2v) is 7.03. The summed E-state index contributed by atoms with van der Waals surface area (Å²) >= 11 is 1.79. The standard InChI is InChI=1S/C16H23N3O3S/c1-11-7-8-14(19(21)22)12(2)15(11)17-16(20)18-9-5-4-6-13(10-18)23-3/h7-8,13H,4-6,9-10H2,1-3H3,(H,17,20). The van der Waals surface area contributed by atoms with Gasteiger partial charge in [-0.25, -0.2) is 4.79 Å². The number of aryl methyl sites for hydroxylation is 1. The number of hydrogen-bond acceptors (Lipinski definition) is 4. The zero-order valence-electron chi connectivity index (χ0n) is 13.8. The fourth-order valence-electron chi connectivity index (χ4n) is 2.89. The molecule has 6 nitrogen and oxygen atoms in total. The zero-order valence-corrected chi connectivity index (χ0v) is 14.6. The lowest BCUT2D eigenvalue weighted by Gasteiger charge is -2.24. The topological polar surface area (TPSA) is 75.5 Å². The van der Waals surface area contributed by atoms with Gasteiger partial charge in [-0.2, -0.15) is 11.8 Å². The average molecular weight is 337 g/mol. The predicted octanol–water partition coefficient (Wildman–Crippen LogP) is 3.96. The minimum atomic E-state index is -0.417. The van der Waals surface area contributed by atoms with E-state index >= 15 is 0 Å². The first-order valence-corrected chi connectivity index (χ1v) is 9.06. The van der Waals surface area contributed by atoms with Crippen molar-refractivity contribution in [1.82, 2.24) is 4.90 Å². The van der Waals surface area contributed by atoms with E-state index in [0.717, 1.165) is 37.9 Å². The average Bonchev–Trinajstić information content (AvgIpc) is 2.76. The highest BCUT2D eigenvalue weighted by Crippen LogP contribution is 2.29. The van der Waals surface area contributed by atoms with Crippen molar-refractivity contribution in [2.75, 3.05) is 24.7 Å². The van der Waals surface area contributed by atoms with Crippen LogP contribution in [0.1, 0.15) is 30.4 Å². The number of amides is 2. The number of nitro benzene ring substituents is 1. The van der Waals surface area contributed by atoms with E-state index in [9.17, 15) is 14.9 Å². The van der Waals surface area contributed by atoms with Gasteiger partial charge in [0.15, 0.2) is 0 Å². The molecule has 1 atom stereocenters. The van der Waals surface area contributed by atoms with Crippen LogP contribution >= 0.6 is 11.8 Å². The number of hydrogen-bond donors (Lipinski definition) is 1. The molecule has 23 heavy (non-hydrogen) atoms. The lowest BCUT2D eigenvalue weighted by molar-refractivity contribution is -0.385. The van der Waals surface area contributed by atoms with E-state index in [4.69, 9.17) is 0 Å². The summed E-state index contributed by atoms with van der Waals surface area (Å²) in [5.41, 5.74) is 1.91. The quantitative estimate of drug-likeness (QED) is 0.669. The summed E-state index contributed by atoms with van der Waals surface area (Å²) < 4.78 is 0. The summed E-state index contributed by atoms with van der Waals surface area (Å²) in [6.45, 7) is 4.98. The highest BCUT2D eigenvalue weighted by molar-refractivity contribution is 7.99. The molecule has 0 radical (unpaired) electrons. The van der Waals surface area contributed by atoms with Crippen LogP contribution in [0, 0.1) is 24.0 Å². The number of nitrogens with one attached hydrogen (secondary N) is 1. The number of rotatable bonds is 3.